The lowest BCUT2D eigenvalue weighted by Crippen LogP contribution is -2.28. The molecule has 0 radical (unpaired) electrons. The molecule has 0 spiro atoms. The smallest absolute Gasteiger partial charge is 0.330 e. The number of aliphatic hydroxyl groups is 1. The highest BCUT2D eigenvalue weighted by Gasteiger charge is 2.22. The molecule has 0 aliphatic carbocycles. The third-order valence-corrected chi connectivity index (χ3v) is 3.47. The fraction of sp³-hybridized carbons (Fsp3) is 0.800. The van der Waals surface area contributed by atoms with E-state index in [4.69, 9.17) is 9.47 Å². The van der Waals surface area contributed by atoms with Crippen LogP contribution in [0.25, 0.3) is 0 Å². The van der Waals surface area contributed by atoms with Crippen LogP contribution < -0.4 is 0 Å². The topological polar surface area (TPSA) is 55.8 Å². The van der Waals surface area contributed by atoms with Gasteiger partial charge in [0.2, 0.25) is 0 Å². The van der Waals surface area contributed by atoms with Crippen molar-refractivity contribution >= 4 is 5.97 Å². The van der Waals surface area contributed by atoms with Crippen molar-refractivity contribution in [2.75, 3.05) is 7.11 Å². The summed E-state index contributed by atoms with van der Waals surface area (Å²) in [5.41, 5.74) is 0. The Morgan fingerprint density at radius 2 is 2.32 bits per heavy atom. The van der Waals surface area contributed by atoms with E-state index < -0.39 is 6.10 Å². The minimum Gasteiger partial charge on any atom is -0.459 e. The van der Waals surface area contributed by atoms with Crippen molar-refractivity contribution in [3.8, 4) is 0 Å². The van der Waals surface area contributed by atoms with Gasteiger partial charge in [0.15, 0.2) is 0 Å². The van der Waals surface area contributed by atoms with Gasteiger partial charge in [-0.25, -0.2) is 4.79 Å². The number of carbonyl (C=O) groups is 1. The average molecular weight is 270 g/mol. The Kier molecular flexibility index (Phi) is 7.75. The highest BCUT2D eigenvalue weighted by Crippen LogP contribution is 2.18. The first-order valence-electron chi connectivity index (χ1n) is 7.23. The summed E-state index contributed by atoms with van der Waals surface area (Å²) in [5, 5.41) is 10.1. The molecule has 0 saturated carbocycles. The number of hydrogen-bond donors (Lipinski definition) is 1. The molecule has 1 aliphatic rings. The molecule has 1 heterocycles. The number of ether oxygens (including phenoxy) is 2. The molecule has 1 rings (SSSR count). The number of cyclic esters (lactones) is 1. The Labute approximate surface area is 115 Å². The molecule has 0 fully saturated rings. The van der Waals surface area contributed by atoms with Crippen LogP contribution in [0.1, 0.15) is 51.9 Å². The second-order valence-electron chi connectivity index (χ2n) is 5.18. The molecule has 0 aromatic carbocycles. The van der Waals surface area contributed by atoms with Crippen LogP contribution in [0.15, 0.2) is 12.2 Å². The van der Waals surface area contributed by atoms with Crippen LogP contribution in [0.5, 0.6) is 0 Å². The summed E-state index contributed by atoms with van der Waals surface area (Å²) in [5.74, 6) is -0.310. The summed E-state index contributed by atoms with van der Waals surface area (Å²) in [6.07, 6.45) is 8.94. The SMILES string of the molecule is CCCCC[C@@H](C[C@H](O)C[C@@H]1CC=CC(=O)O1)OC. The summed E-state index contributed by atoms with van der Waals surface area (Å²) in [6, 6.07) is 0. The number of methoxy groups -OCH3 is 1. The van der Waals surface area contributed by atoms with Gasteiger partial charge in [-0.1, -0.05) is 32.3 Å². The highest BCUT2D eigenvalue weighted by atomic mass is 16.5. The van der Waals surface area contributed by atoms with E-state index in [0.29, 0.717) is 19.3 Å². The second-order valence-corrected chi connectivity index (χ2v) is 5.18. The van der Waals surface area contributed by atoms with E-state index >= 15 is 0 Å². The van der Waals surface area contributed by atoms with Crippen LogP contribution in [0.2, 0.25) is 0 Å². The van der Waals surface area contributed by atoms with Gasteiger partial charge in [0, 0.05) is 26.0 Å². The van der Waals surface area contributed by atoms with Crippen molar-refractivity contribution in [1.29, 1.82) is 0 Å². The van der Waals surface area contributed by atoms with E-state index in [1.54, 1.807) is 13.2 Å². The van der Waals surface area contributed by atoms with Crippen molar-refractivity contribution in [3.63, 3.8) is 0 Å². The third kappa shape index (κ3) is 6.73. The molecule has 0 saturated heterocycles. The lowest BCUT2D eigenvalue weighted by molar-refractivity contribution is -0.145. The summed E-state index contributed by atoms with van der Waals surface area (Å²) in [4.78, 5) is 11.1. The molecule has 0 unspecified atom stereocenters. The molecule has 1 N–H and O–H groups in total. The largest absolute Gasteiger partial charge is 0.459 e. The molecule has 19 heavy (non-hydrogen) atoms. The van der Waals surface area contributed by atoms with Gasteiger partial charge in [-0.05, 0) is 12.8 Å². The predicted molar refractivity (Wildman–Crippen MR) is 73.8 cm³/mol. The van der Waals surface area contributed by atoms with E-state index in [1.807, 2.05) is 0 Å². The molecular formula is C15H26O4. The van der Waals surface area contributed by atoms with E-state index in [1.165, 1.54) is 18.9 Å². The fourth-order valence-electron chi connectivity index (χ4n) is 2.37. The Morgan fingerprint density at radius 3 is 2.95 bits per heavy atom. The second kappa shape index (κ2) is 9.10. The number of unbranched alkanes of at least 4 members (excludes halogenated alkanes) is 2. The molecule has 3 atom stereocenters. The van der Waals surface area contributed by atoms with Crippen LogP contribution in [-0.2, 0) is 14.3 Å². The molecule has 0 aromatic heterocycles. The number of esters is 1. The quantitative estimate of drug-likeness (QED) is 0.517. The van der Waals surface area contributed by atoms with Gasteiger partial charge >= 0.3 is 5.97 Å². The summed E-state index contributed by atoms with van der Waals surface area (Å²) in [7, 11) is 1.69. The van der Waals surface area contributed by atoms with Crippen LogP contribution in [0, 0.1) is 0 Å². The van der Waals surface area contributed by atoms with Gasteiger partial charge in [0.25, 0.3) is 0 Å². The average Bonchev–Trinajstić information content (AvgIpc) is 2.37. The number of hydrogen-bond acceptors (Lipinski definition) is 4. The van der Waals surface area contributed by atoms with Crippen molar-refractivity contribution in [1.82, 2.24) is 0 Å². The maximum Gasteiger partial charge on any atom is 0.330 e. The van der Waals surface area contributed by atoms with Crippen molar-refractivity contribution in [3.05, 3.63) is 12.2 Å². The molecule has 4 nitrogen and oxygen atoms in total. The van der Waals surface area contributed by atoms with Crippen molar-refractivity contribution in [2.45, 2.75) is 70.2 Å². The van der Waals surface area contributed by atoms with E-state index in [9.17, 15) is 9.90 Å². The van der Waals surface area contributed by atoms with Crippen LogP contribution in [-0.4, -0.2) is 36.5 Å². The normalized spacial score (nSPS) is 22.1. The zero-order valence-corrected chi connectivity index (χ0v) is 12.0. The zero-order valence-electron chi connectivity index (χ0n) is 12.0. The molecule has 0 amide bonds. The first kappa shape index (κ1) is 16.2. The molecule has 0 aromatic rings. The van der Waals surface area contributed by atoms with Crippen molar-refractivity contribution in [2.24, 2.45) is 0 Å². The third-order valence-electron chi connectivity index (χ3n) is 3.47. The monoisotopic (exact) mass is 270 g/mol. The maximum atomic E-state index is 11.1. The Hall–Kier alpha value is -0.870. The molecule has 1 aliphatic heterocycles. The molecule has 110 valence electrons. The Morgan fingerprint density at radius 1 is 1.53 bits per heavy atom. The molecule has 4 heteroatoms. The van der Waals surface area contributed by atoms with Gasteiger partial charge < -0.3 is 14.6 Å². The lowest BCUT2D eigenvalue weighted by Gasteiger charge is -2.24. The number of aliphatic hydroxyl groups excluding tert-OH is 1. The molecule has 0 bridgehead atoms. The lowest BCUT2D eigenvalue weighted by atomic mass is 9.99. The highest BCUT2D eigenvalue weighted by molar-refractivity contribution is 5.82. The van der Waals surface area contributed by atoms with Crippen LogP contribution >= 0.6 is 0 Å². The van der Waals surface area contributed by atoms with Gasteiger partial charge in [0.05, 0.1) is 12.2 Å². The summed E-state index contributed by atoms with van der Waals surface area (Å²) in [6.45, 7) is 2.17. The summed E-state index contributed by atoms with van der Waals surface area (Å²) < 4.78 is 10.5. The Balaban J connectivity index is 2.26. The predicted octanol–water partition coefficient (Wildman–Crippen LogP) is 2.59. The zero-order chi connectivity index (χ0) is 14.1. The van der Waals surface area contributed by atoms with Gasteiger partial charge in [-0.3, -0.25) is 0 Å². The van der Waals surface area contributed by atoms with E-state index in [2.05, 4.69) is 6.92 Å². The first-order chi connectivity index (χ1) is 9.15. The number of rotatable bonds is 9. The minimum atomic E-state index is -0.476. The minimum absolute atomic E-state index is 0.0939. The Bertz CT molecular complexity index is 288. The van der Waals surface area contributed by atoms with E-state index in [0.717, 1.165) is 12.8 Å². The van der Waals surface area contributed by atoms with E-state index in [-0.39, 0.29) is 18.2 Å². The number of carbonyl (C=O) groups excluding carboxylic acids is 1. The first-order valence-corrected chi connectivity index (χ1v) is 7.23. The molecular weight excluding hydrogens is 244 g/mol. The standard InChI is InChI=1S/C15H26O4/c1-3-4-5-7-13(18-2)10-12(16)11-14-8-6-9-15(17)19-14/h6,9,12-14,16H,3-5,7-8,10-11H2,1-2H3/t12-,13-,14-/m0/s1. The maximum absolute atomic E-state index is 11.1. The summed E-state index contributed by atoms with van der Waals surface area (Å²) >= 11 is 0. The van der Waals surface area contributed by atoms with Gasteiger partial charge in [-0.15, -0.1) is 0 Å². The van der Waals surface area contributed by atoms with Crippen LogP contribution in [0.3, 0.4) is 0 Å². The van der Waals surface area contributed by atoms with Crippen molar-refractivity contribution < 1.29 is 19.4 Å². The van der Waals surface area contributed by atoms with Gasteiger partial charge in [-0.2, -0.15) is 0 Å². The fourth-order valence-corrected chi connectivity index (χ4v) is 2.37. The van der Waals surface area contributed by atoms with Gasteiger partial charge in [0.1, 0.15) is 6.10 Å². The van der Waals surface area contributed by atoms with Crippen LogP contribution in [0.4, 0.5) is 0 Å².